The van der Waals surface area contributed by atoms with Gasteiger partial charge in [0.15, 0.2) is 0 Å². The van der Waals surface area contributed by atoms with Crippen molar-refractivity contribution in [2.24, 2.45) is 0 Å². The van der Waals surface area contributed by atoms with Crippen LogP contribution in [0.3, 0.4) is 0 Å². The van der Waals surface area contributed by atoms with E-state index < -0.39 is 36.0 Å². The Morgan fingerprint density at radius 1 is 1.39 bits per heavy atom. The molecule has 2 aliphatic rings. The van der Waals surface area contributed by atoms with E-state index in [1.807, 2.05) is 5.32 Å². The number of nitrogens with one attached hydrogen (secondary N) is 2. The summed E-state index contributed by atoms with van der Waals surface area (Å²) >= 11 is 0. The molecule has 0 aromatic carbocycles. The van der Waals surface area contributed by atoms with Crippen LogP contribution in [0.15, 0.2) is 0 Å². The largest absolute Gasteiger partial charge is 0.397 e. The number of carbonyl (C=O) groups excluding carboxylic acids is 3. The predicted molar refractivity (Wildman–Crippen MR) is 51.3 cm³/mol. The van der Waals surface area contributed by atoms with E-state index in [2.05, 4.69) is 5.32 Å². The lowest BCUT2D eigenvalue weighted by molar-refractivity contribution is -0.160. The van der Waals surface area contributed by atoms with E-state index in [1.54, 1.807) is 0 Å². The third kappa shape index (κ3) is 2.24. The molecule has 1 unspecified atom stereocenters. The van der Waals surface area contributed by atoms with Gasteiger partial charge in [0.05, 0.1) is 6.54 Å². The van der Waals surface area contributed by atoms with Gasteiger partial charge in [-0.3, -0.25) is 14.9 Å². The molecule has 1 spiro atoms. The van der Waals surface area contributed by atoms with Crippen LogP contribution in [0, 0.1) is 0 Å². The molecule has 9 heteroatoms. The molecule has 2 aliphatic heterocycles. The number of imide groups is 1. The molecule has 0 saturated carbocycles. The molecule has 2 N–H and O–H groups in total. The Labute approximate surface area is 99.5 Å². The molecule has 0 aromatic rings. The van der Waals surface area contributed by atoms with Crippen LogP contribution >= 0.6 is 0 Å². The summed E-state index contributed by atoms with van der Waals surface area (Å²) in [6.45, 7) is -0.206. The smallest absolute Gasteiger partial charge is 0.339 e. The monoisotopic (exact) mass is 265 g/mol. The average Bonchev–Trinajstić information content (AvgIpc) is 2.70. The van der Waals surface area contributed by atoms with Crippen LogP contribution in [0.5, 0.6) is 0 Å². The van der Waals surface area contributed by atoms with Gasteiger partial charge in [-0.25, -0.2) is 4.79 Å². The van der Waals surface area contributed by atoms with Gasteiger partial charge in [-0.1, -0.05) is 0 Å². The molecule has 0 aromatic heterocycles. The molecule has 18 heavy (non-hydrogen) atoms. The summed E-state index contributed by atoms with van der Waals surface area (Å²) < 4.78 is 36.2. The highest BCUT2D eigenvalue weighted by Crippen LogP contribution is 2.27. The molecule has 0 aliphatic carbocycles. The zero-order valence-corrected chi connectivity index (χ0v) is 9.13. The summed E-state index contributed by atoms with van der Waals surface area (Å²) in [6.07, 6.45) is -6.01. The van der Waals surface area contributed by atoms with Crippen LogP contribution in [0.25, 0.3) is 0 Å². The lowest BCUT2D eigenvalue weighted by Gasteiger charge is -2.21. The standard InChI is InChI=1S/C9H10F3N3O3/c10-9(11,12)3-5(16)15-2-1-8(4-15)6(17)13-7(18)14-8/h1-4H2,(H2,13,14,17,18). The number of urea groups is 1. The third-order valence-electron chi connectivity index (χ3n) is 2.99. The maximum atomic E-state index is 12.1. The van der Waals surface area contributed by atoms with Gasteiger partial charge in [0.25, 0.3) is 5.91 Å². The second kappa shape index (κ2) is 3.85. The summed E-state index contributed by atoms with van der Waals surface area (Å²) in [7, 11) is 0. The summed E-state index contributed by atoms with van der Waals surface area (Å²) in [5.41, 5.74) is -1.27. The molecule has 4 amide bonds. The van der Waals surface area contributed by atoms with Gasteiger partial charge in [0.2, 0.25) is 5.91 Å². The van der Waals surface area contributed by atoms with Crippen LogP contribution in [0.4, 0.5) is 18.0 Å². The maximum absolute atomic E-state index is 12.1. The molecular weight excluding hydrogens is 255 g/mol. The molecule has 6 nitrogen and oxygen atoms in total. The van der Waals surface area contributed by atoms with E-state index in [-0.39, 0.29) is 19.5 Å². The Balaban J connectivity index is 2.03. The van der Waals surface area contributed by atoms with Gasteiger partial charge < -0.3 is 10.2 Å². The highest BCUT2D eigenvalue weighted by molar-refractivity contribution is 6.07. The highest BCUT2D eigenvalue weighted by atomic mass is 19.4. The van der Waals surface area contributed by atoms with E-state index in [0.717, 1.165) is 4.90 Å². The summed E-state index contributed by atoms with van der Waals surface area (Å²) in [5, 5.41) is 4.36. The second-order valence-corrected chi connectivity index (χ2v) is 4.35. The van der Waals surface area contributed by atoms with Crippen molar-refractivity contribution in [2.75, 3.05) is 13.1 Å². The molecule has 2 heterocycles. The van der Waals surface area contributed by atoms with E-state index in [4.69, 9.17) is 0 Å². The quantitative estimate of drug-likeness (QED) is 0.642. The fourth-order valence-electron chi connectivity index (χ4n) is 2.12. The van der Waals surface area contributed by atoms with Gasteiger partial charge in [-0.05, 0) is 6.42 Å². The minimum atomic E-state index is -4.58. The summed E-state index contributed by atoms with van der Waals surface area (Å²) in [6, 6.07) is -0.690. The van der Waals surface area contributed by atoms with Crippen molar-refractivity contribution in [3.05, 3.63) is 0 Å². The minimum Gasteiger partial charge on any atom is -0.339 e. The Hall–Kier alpha value is -1.80. The van der Waals surface area contributed by atoms with Gasteiger partial charge in [-0.15, -0.1) is 0 Å². The SMILES string of the molecule is O=C1NC(=O)C2(CCN(C(=O)CC(F)(F)F)C2)N1. The van der Waals surface area contributed by atoms with Crippen molar-refractivity contribution in [3.63, 3.8) is 0 Å². The zero-order valence-electron chi connectivity index (χ0n) is 9.13. The predicted octanol–water partition coefficient (Wildman–Crippen LogP) is -0.251. The van der Waals surface area contributed by atoms with Gasteiger partial charge in [-0.2, -0.15) is 13.2 Å². The molecule has 2 fully saturated rings. The van der Waals surface area contributed by atoms with Crippen LogP contribution in [-0.2, 0) is 9.59 Å². The van der Waals surface area contributed by atoms with Crippen molar-refractivity contribution in [1.82, 2.24) is 15.5 Å². The topological polar surface area (TPSA) is 78.5 Å². The lowest BCUT2D eigenvalue weighted by Crippen LogP contribution is -2.49. The zero-order chi connectivity index (χ0) is 13.6. The number of amides is 4. The number of alkyl halides is 3. The van der Waals surface area contributed by atoms with E-state index >= 15 is 0 Å². The molecule has 2 rings (SSSR count). The summed E-state index contributed by atoms with van der Waals surface area (Å²) in [5.74, 6) is -1.69. The molecule has 1 atom stereocenters. The fourth-order valence-corrected chi connectivity index (χ4v) is 2.12. The van der Waals surface area contributed by atoms with Crippen LogP contribution in [0.2, 0.25) is 0 Å². The minimum absolute atomic E-state index is 0.0165. The molecule has 0 radical (unpaired) electrons. The third-order valence-corrected chi connectivity index (χ3v) is 2.99. The van der Waals surface area contributed by atoms with Gasteiger partial charge >= 0.3 is 12.2 Å². The number of hydrogen-bond acceptors (Lipinski definition) is 3. The Morgan fingerprint density at radius 2 is 2.06 bits per heavy atom. The van der Waals surface area contributed by atoms with Crippen molar-refractivity contribution in [3.8, 4) is 0 Å². The van der Waals surface area contributed by atoms with Crippen LogP contribution < -0.4 is 10.6 Å². The molecule has 100 valence electrons. The Morgan fingerprint density at radius 3 is 2.56 bits per heavy atom. The summed E-state index contributed by atoms with van der Waals surface area (Å²) in [4.78, 5) is 34.8. The highest BCUT2D eigenvalue weighted by Gasteiger charge is 2.52. The first-order chi connectivity index (χ1) is 8.22. The number of nitrogens with zero attached hydrogens (tertiary/aromatic N) is 1. The van der Waals surface area contributed by atoms with Gasteiger partial charge in [0.1, 0.15) is 12.0 Å². The number of halogens is 3. The normalized spacial score (nSPS) is 27.6. The van der Waals surface area contributed by atoms with Crippen LogP contribution in [-0.4, -0.2) is 47.6 Å². The first-order valence-corrected chi connectivity index (χ1v) is 5.20. The Bertz CT molecular complexity index is 423. The van der Waals surface area contributed by atoms with E-state index in [9.17, 15) is 27.6 Å². The Kier molecular flexibility index (Phi) is 2.71. The fraction of sp³-hybridized carbons (Fsp3) is 0.667. The molecule has 0 bridgehead atoms. The molecule has 2 saturated heterocycles. The van der Waals surface area contributed by atoms with E-state index in [0.29, 0.717) is 0 Å². The van der Waals surface area contributed by atoms with Crippen molar-refractivity contribution >= 4 is 17.8 Å². The van der Waals surface area contributed by atoms with Crippen molar-refractivity contribution < 1.29 is 27.6 Å². The number of likely N-dealkylation sites (tertiary alicyclic amines) is 1. The second-order valence-electron chi connectivity index (χ2n) is 4.35. The maximum Gasteiger partial charge on any atom is 0.397 e. The van der Waals surface area contributed by atoms with Gasteiger partial charge in [0, 0.05) is 6.54 Å². The first kappa shape index (κ1) is 12.7. The first-order valence-electron chi connectivity index (χ1n) is 5.20. The van der Waals surface area contributed by atoms with Crippen molar-refractivity contribution in [2.45, 2.75) is 24.6 Å². The van der Waals surface area contributed by atoms with Crippen molar-refractivity contribution in [1.29, 1.82) is 0 Å². The lowest BCUT2D eigenvalue weighted by atomic mass is 10.00. The number of carbonyl (C=O) groups is 3. The number of rotatable bonds is 1. The van der Waals surface area contributed by atoms with Crippen LogP contribution in [0.1, 0.15) is 12.8 Å². The molecular formula is C9H10F3N3O3. The number of hydrogen-bond donors (Lipinski definition) is 2. The van der Waals surface area contributed by atoms with E-state index in [1.165, 1.54) is 0 Å². The average molecular weight is 265 g/mol.